The maximum atomic E-state index is 13.2. The predicted octanol–water partition coefficient (Wildman–Crippen LogP) is 4.00. The van der Waals surface area contributed by atoms with E-state index in [1.807, 2.05) is 66.1 Å². The molecule has 1 unspecified atom stereocenters. The summed E-state index contributed by atoms with van der Waals surface area (Å²) in [7, 11) is 0. The fourth-order valence-electron chi connectivity index (χ4n) is 3.91. The van der Waals surface area contributed by atoms with Crippen LogP contribution in [0.25, 0.3) is 10.9 Å². The van der Waals surface area contributed by atoms with Gasteiger partial charge in [-0.2, -0.15) is 0 Å². The second kappa shape index (κ2) is 6.79. The number of carbonyl (C=O) groups is 2. The highest BCUT2D eigenvalue weighted by Gasteiger charge is 2.31. The molecule has 0 bridgehead atoms. The van der Waals surface area contributed by atoms with Crippen LogP contribution in [0.1, 0.15) is 35.0 Å². The maximum Gasteiger partial charge on any atom is 0.309 e. The monoisotopic (exact) mass is 347 g/mol. The Balaban J connectivity index is 1.82. The van der Waals surface area contributed by atoms with E-state index in [1.165, 1.54) is 0 Å². The minimum atomic E-state index is -0.135. The Morgan fingerprint density at radius 2 is 1.81 bits per heavy atom. The molecule has 1 aliphatic carbocycles. The highest BCUT2D eigenvalue weighted by Crippen LogP contribution is 2.35. The van der Waals surface area contributed by atoms with Gasteiger partial charge in [-0.05, 0) is 49.9 Å². The fourth-order valence-corrected chi connectivity index (χ4v) is 3.91. The Morgan fingerprint density at radius 3 is 2.58 bits per heavy atom. The zero-order chi connectivity index (χ0) is 18.1. The molecule has 1 aliphatic rings. The van der Waals surface area contributed by atoms with Crippen molar-refractivity contribution in [2.24, 2.45) is 5.92 Å². The fraction of sp³-hybridized carbons (Fsp3) is 0.273. The van der Waals surface area contributed by atoms with Crippen molar-refractivity contribution >= 4 is 22.8 Å². The van der Waals surface area contributed by atoms with Gasteiger partial charge in [-0.1, -0.05) is 36.4 Å². The molecule has 2 aromatic carbocycles. The lowest BCUT2D eigenvalue weighted by molar-refractivity contribution is -0.148. The van der Waals surface area contributed by atoms with Gasteiger partial charge in [-0.3, -0.25) is 14.2 Å². The maximum absolute atomic E-state index is 13.2. The lowest BCUT2D eigenvalue weighted by Crippen LogP contribution is -2.26. The van der Waals surface area contributed by atoms with E-state index in [-0.39, 0.29) is 17.8 Å². The standard InChI is InChI=1S/C22H21NO3/c1-2-26-22(25)16-12-13-20-18(14-16)17-10-6-7-11-19(17)23(20)21(24)15-8-4-3-5-9-15/h3-11,16H,2,12-14H2,1H3. The summed E-state index contributed by atoms with van der Waals surface area (Å²) in [6.07, 6.45) is 2.04. The Morgan fingerprint density at radius 1 is 1.08 bits per heavy atom. The van der Waals surface area contributed by atoms with Gasteiger partial charge in [0.05, 0.1) is 18.0 Å². The van der Waals surface area contributed by atoms with Gasteiger partial charge >= 0.3 is 5.97 Å². The molecule has 4 nitrogen and oxygen atoms in total. The van der Waals surface area contributed by atoms with Crippen LogP contribution in [0.5, 0.6) is 0 Å². The number of benzene rings is 2. The summed E-state index contributed by atoms with van der Waals surface area (Å²) in [5.41, 5.74) is 3.72. The summed E-state index contributed by atoms with van der Waals surface area (Å²) >= 11 is 0. The summed E-state index contributed by atoms with van der Waals surface area (Å²) in [6.45, 7) is 2.23. The minimum Gasteiger partial charge on any atom is -0.466 e. The van der Waals surface area contributed by atoms with Crippen LogP contribution in [-0.2, 0) is 22.4 Å². The molecule has 0 amide bonds. The van der Waals surface area contributed by atoms with Gasteiger partial charge in [0.25, 0.3) is 5.91 Å². The molecule has 0 fully saturated rings. The summed E-state index contributed by atoms with van der Waals surface area (Å²) in [5, 5.41) is 1.06. The third kappa shape index (κ3) is 2.71. The number of fused-ring (bicyclic) bond motifs is 3. The number of esters is 1. The molecule has 0 radical (unpaired) electrons. The summed E-state index contributed by atoms with van der Waals surface area (Å²) < 4.78 is 7.05. The van der Waals surface area contributed by atoms with Crippen LogP contribution in [-0.4, -0.2) is 23.1 Å². The average Bonchev–Trinajstić information content (AvgIpc) is 3.02. The summed E-state index contributed by atoms with van der Waals surface area (Å²) in [6, 6.07) is 17.3. The first-order chi connectivity index (χ1) is 12.7. The van der Waals surface area contributed by atoms with Gasteiger partial charge in [-0.25, -0.2) is 0 Å². The number of ether oxygens (including phenoxy) is 1. The van der Waals surface area contributed by atoms with Crippen LogP contribution < -0.4 is 0 Å². The number of para-hydroxylation sites is 1. The Bertz CT molecular complexity index is 972. The van der Waals surface area contributed by atoms with Gasteiger partial charge < -0.3 is 4.74 Å². The lowest BCUT2D eigenvalue weighted by Gasteiger charge is -2.22. The molecule has 4 heteroatoms. The van der Waals surface area contributed by atoms with E-state index in [0.717, 1.165) is 22.2 Å². The number of rotatable bonds is 3. The lowest BCUT2D eigenvalue weighted by atomic mass is 9.86. The van der Waals surface area contributed by atoms with Crippen molar-refractivity contribution in [2.45, 2.75) is 26.2 Å². The van der Waals surface area contributed by atoms with Crippen LogP contribution in [0.2, 0.25) is 0 Å². The number of aromatic nitrogens is 1. The molecule has 26 heavy (non-hydrogen) atoms. The third-order valence-electron chi connectivity index (χ3n) is 5.11. The topological polar surface area (TPSA) is 48.3 Å². The quantitative estimate of drug-likeness (QED) is 0.673. The highest BCUT2D eigenvalue weighted by molar-refractivity contribution is 6.04. The first kappa shape index (κ1) is 16.6. The smallest absolute Gasteiger partial charge is 0.309 e. The number of hydrogen-bond donors (Lipinski definition) is 0. The van der Waals surface area contributed by atoms with Crippen molar-refractivity contribution in [1.29, 1.82) is 0 Å². The van der Waals surface area contributed by atoms with Crippen molar-refractivity contribution in [3.8, 4) is 0 Å². The van der Waals surface area contributed by atoms with E-state index in [9.17, 15) is 9.59 Å². The molecule has 0 saturated heterocycles. The number of nitrogens with zero attached hydrogens (tertiary/aromatic N) is 1. The van der Waals surface area contributed by atoms with Crippen LogP contribution in [0, 0.1) is 5.92 Å². The third-order valence-corrected chi connectivity index (χ3v) is 5.11. The zero-order valence-corrected chi connectivity index (χ0v) is 14.8. The molecule has 0 spiro atoms. The number of carbonyl (C=O) groups excluding carboxylic acids is 2. The number of hydrogen-bond acceptors (Lipinski definition) is 3. The van der Waals surface area contributed by atoms with E-state index in [0.29, 0.717) is 31.4 Å². The Labute approximate surface area is 152 Å². The summed E-state index contributed by atoms with van der Waals surface area (Å²) in [4.78, 5) is 25.4. The van der Waals surface area contributed by atoms with Gasteiger partial charge in [0, 0.05) is 16.6 Å². The molecular weight excluding hydrogens is 326 g/mol. The van der Waals surface area contributed by atoms with Gasteiger partial charge in [0.15, 0.2) is 0 Å². The molecule has 1 atom stereocenters. The van der Waals surface area contributed by atoms with E-state index in [4.69, 9.17) is 4.74 Å². The molecule has 0 saturated carbocycles. The van der Waals surface area contributed by atoms with Crippen LogP contribution >= 0.6 is 0 Å². The van der Waals surface area contributed by atoms with Gasteiger partial charge in [0.2, 0.25) is 0 Å². The largest absolute Gasteiger partial charge is 0.466 e. The van der Waals surface area contributed by atoms with E-state index in [1.54, 1.807) is 0 Å². The first-order valence-corrected chi connectivity index (χ1v) is 9.08. The second-order valence-corrected chi connectivity index (χ2v) is 6.64. The minimum absolute atomic E-state index is 0.0161. The molecular formula is C22H21NO3. The van der Waals surface area contributed by atoms with Crippen LogP contribution in [0.15, 0.2) is 54.6 Å². The normalized spacial score (nSPS) is 16.3. The second-order valence-electron chi connectivity index (χ2n) is 6.64. The SMILES string of the molecule is CCOC(=O)C1CCc2c(c3ccccc3n2C(=O)c2ccccc2)C1. The molecule has 3 aromatic rings. The summed E-state index contributed by atoms with van der Waals surface area (Å²) in [5.74, 6) is -0.282. The first-order valence-electron chi connectivity index (χ1n) is 9.08. The Hall–Kier alpha value is -2.88. The highest BCUT2D eigenvalue weighted by atomic mass is 16.5. The van der Waals surface area contributed by atoms with Crippen molar-refractivity contribution < 1.29 is 14.3 Å². The van der Waals surface area contributed by atoms with Crippen molar-refractivity contribution in [3.05, 3.63) is 71.4 Å². The van der Waals surface area contributed by atoms with Gasteiger partial charge in [0.1, 0.15) is 0 Å². The van der Waals surface area contributed by atoms with E-state index < -0.39 is 0 Å². The molecule has 1 heterocycles. The van der Waals surface area contributed by atoms with Crippen molar-refractivity contribution in [3.63, 3.8) is 0 Å². The molecule has 1 aromatic heterocycles. The zero-order valence-electron chi connectivity index (χ0n) is 14.8. The Kier molecular flexibility index (Phi) is 4.33. The van der Waals surface area contributed by atoms with Crippen LogP contribution in [0.3, 0.4) is 0 Å². The van der Waals surface area contributed by atoms with Gasteiger partial charge in [-0.15, -0.1) is 0 Å². The molecule has 0 aliphatic heterocycles. The van der Waals surface area contributed by atoms with E-state index >= 15 is 0 Å². The average molecular weight is 347 g/mol. The molecule has 0 N–H and O–H groups in total. The van der Waals surface area contributed by atoms with Crippen LogP contribution in [0.4, 0.5) is 0 Å². The predicted molar refractivity (Wildman–Crippen MR) is 100 cm³/mol. The molecule has 132 valence electrons. The van der Waals surface area contributed by atoms with E-state index in [2.05, 4.69) is 0 Å². The van der Waals surface area contributed by atoms with Crippen molar-refractivity contribution in [2.75, 3.05) is 6.61 Å². The molecule has 4 rings (SSSR count). The van der Waals surface area contributed by atoms with Crippen molar-refractivity contribution in [1.82, 2.24) is 4.57 Å².